The highest BCUT2D eigenvalue weighted by Crippen LogP contribution is 2.17. The molecule has 2 aromatic carbocycles. The molecular weight excluding hydrogens is 358 g/mol. The zero-order valence-corrected chi connectivity index (χ0v) is 15.1. The normalized spacial score (nSPS) is 11.3. The lowest BCUT2D eigenvalue weighted by Gasteiger charge is -2.10. The van der Waals surface area contributed by atoms with Crippen molar-refractivity contribution in [3.05, 3.63) is 69.8 Å². The van der Waals surface area contributed by atoms with E-state index in [-0.39, 0.29) is 28.7 Å². The molecule has 0 bridgehead atoms. The zero-order valence-electron chi connectivity index (χ0n) is 14.3. The monoisotopic (exact) mass is 377 g/mol. The molecule has 2 rings (SSSR count). The summed E-state index contributed by atoms with van der Waals surface area (Å²) in [5.74, 6) is -0.455. The van der Waals surface area contributed by atoms with Crippen LogP contribution in [0.4, 0.5) is 5.69 Å². The Bertz CT molecular complexity index is 908. The molecule has 0 aliphatic heterocycles. The first-order valence-corrected chi connectivity index (χ1v) is 9.32. The third-order valence-corrected chi connectivity index (χ3v) is 5.12. The number of amides is 1. The lowest BCUT2D eigenvalue weighted by atomic mass is 10.1. The molecule has 0 saturated carbocycles. The fourth-order valence-corrected chi connectivity index (χ4v) is 3.53. The molecular formula is C17H19N3O5S. The third-order valence-electron chi connectivity index (χ3n) is 3.45. The van der Waals surface area contributed by atoms with Crippen molar-refractivity contribution in [3.8, 4) is 0 Å². The summed E-state index contributed by atoms with van der Waals surface area (Å²) in [5, 5.41) is 13.6. The first-order valence-electron chi connectivity index (χ1n) is 7.83. The number of para-hydroxylation sites is 1. The van der Waals surface area contributed by atoms with Gasteiger partial charge in [-0.2, -0.15) is 0 Å². The summed E-state index contributed by atoms with van der Waals surface area (Å²) in [4.78, 5) is 22.7. The van der Waals surface area contributed by atoms with E-state index in [1.54, 1.807) is 32.0 Å². The smallest absolute Gasteiger partial charge is 0.274 e. The van der Waals surface area contributed by atoms with Crippen molar-refractivity contribution >= 4 is 21.6 Å². The van der Waals surface area contributed by atoms with Crippen LogP contribution in [-0.2, 0) is 16.6 Å². The molecule has 8 nitrogen and oxygen atoms in total. The van der Waals surface area contributed by atoms with E-state index in [1.807, 2.05) is 0 Å². The van der Waals surface area contributed by atoms with Gasteiger partial charge in [-0.25, -0.2) is 13.1 Å². The molecule has 0 aliphatic carbocycles. The van der Waals surface area contributed by atoms with Crippen molar-refractivity contribution < 1.29 is 18.1 Å². The zero-order chi connectivity index (χ0) is 19.3. The van der Waals surface area contributed by atoms with Crippen LogP contribution in [0.3, 0.4) is 0 Å². The second kappa shape index (κ2) is 8.07. The van der Waals surface area contributed by atoms with E-state index in [1.165, 1.54) is 30.3 Å². The van der Waals surface area contributed by atoms with Gasteiger partial charge in [0.05, 0.1) is 9.82 Å². The number of nitrogens with one attached hydrogen (secondary N) is 2. The molecule has 0 fully saturated rings. The number of hydrogen-bond donors (Lipinski definition) is 2. The number of carbonyl (C=O) groups is 1. The van der Waals surface area contributed by atoms with Gasteiger partial charge in [-0.05, 0) is 38.1 Å². The maximum atomic E-state index is 12.2. The first-order chi connectivity index (χ1) is 12.2. The van der Waals surface area contributed by atoms with Gasteiger partial charge in [-0.15, -0.1) is 0 Å². The van der Waals surface area contributed by atoms with Gasteiger partial charge in [0.25, 0.3) is 11.6 Å². The van der Waals surface area contributed by atoms with Crippen molar-refractivity contribution in [3.63, 3.8) is 0 Å². The van der Waals surface area contributed by atoms with Crippen molar-refractivity contribution in [2.45, 2.75) is 31.3 Å². The predicted molar refractivity (Wildman–Crippen MR) is 96.2 cm³/mol. The molecule has 0 heterocycles. The van der Waals surface area contributed by atoms with E-state index < -0.39 is 20.9 Å². The maximum Gasteiger partial charge on any atom is 0.274 e. The molecule has 0 radical (unpaired) electrons. The van der Waals surface area contributed by atoms with Crippen LogP contribution in [0.2, 0.25) is 0 Å². The number of carbonyl (C=O) groups excluding carboxylic acids is 1. The van der Waals surface area contributed by atoms with Crippen LogP contribution in [0, 0.1) is 10.1 Å². The molecule has 0 aromatic heterocycles. The summed E-state index contributed by atoms with van der Waals surface area (Å²) in [6.07, 6.45) is 0. The Kier molecular flexibility index (Phi) is 6.06. The SMILES string of the molecule is CC(C)NS(=O)(=O)c1ccc(C(=O)NCc2ccccc2[N+](=O)[O-])cc1. The molecule has 9 heteroatoms. The Morgan fingerprint density at radius 2 is 1.73 bits per heavy atom. The molecule has 2 N–H and O–H groups in total. The molecule has 1 amide bonds. The fourth-order valence-electron chi connectivity index (χ4n) is 2.28. The lowest BCUT2D eigenvalue weighted by Crippen LogP contribution is -2.30. The number of benzene rings is 2. The molecule has 0 unspecified atom stereocenters. The van der Waals surface area contributed by atoms with Crippen molar-refractivity contribution in [1.82, 2.24) is 10.0 Å². The molecule has 138 valence electrons. The molecule has 0 atom stereocenters. The van der Waals surface area contributed by atoms with Crippen LogP contribution in [-0.4, -0.2) is 25.3 Å². The van der Waals surface area contributed by atoms with Gasteiger partial charge in [-0.3, -0.25) is 14.9 Å². The minimum absolute atomic E-state index is 0.00899. The number of hydrogen-bond acceptors (Lipinski definition) is 5. The van der Waals surface area contributed by atoms with E-state index in [2.05, 4.69) is 10.0 Å². The highest BCUT2D eigenvalue weighted by molar-refractivity contribution is 7.89. The van der Waals surface area contributed by atoms with E-state index >= 15 is 0 Å². The summed E-state index contributed by atoms with van der Waals surface area (Å²) in [5.41, 5.74) is 0.562. The van der Waals surface area contributed by atoms with Crippen LogP contribution < -0.4 is 10.0 Å². The van der Waals surface area contributed by atoms with Crippen LogP contribution in [0.1, 0.15) is 29.8 Å². The number of nitrogens with zero attached hydrogens (tertiary/aromatic N) is 1. The Morgan fingerprint density at radius 3 is 2.31 bits per heavy atom. The molecule has 2 aromatic rings. The van der Waals surface area contributed by atoms with Gasteiger partial charge in [0.2, 0.25) is 10.0 Å². The summed E-state index contributed by atoms with van der Waals surface area (Å²) in [6, 6.07) is 11.3. The largest absolute Gasteiger partial charge is 0.348 e. The minimum atomic E-state index is -3.63. The van der Waals surface area contributed by atoms with E-state index in [9.17, 15) is 23.3 Å². The van der Waals surface area contributed by atoms with Gasteiger partial charge >= 0.3 is 0 Å². The van der Waals surface area contributed by atoms with E-state index in [0.29, 0.717) is 5.56 Å². The molecule has 0 aliphatic rings. The summed E-state index contributed by atoms with van der Waals surface area (Å²) in [6.45, 7) is 3.41. The van der Waals surface area contributed by atoms with Crippen LogP contribution in [0.15, 0.2) is 53.4 Å². The molecule has 26 heavy (non-hydrogen) atoms. The highest BCUT2D eigenvalue weighted by atomic mass is 32.2. The molecule has 0 saturated heterocycles. The Balaban J connectivity index is 2.08. The number of nitro groups is 1. The summed E-state index contributed by atoms with van der Waals surface area (Å²) < 4.78 is 26.6. The maximum absolute atomic E-state index is 12.2. The van der Waals surface area contributed by atoms with Gasteiger partial charge < -0.3 is 5.32 Å². The Labute approximate surface area is 151 Å². The number of nitro benzene ring substituents is 1. The van der Waals surface area contributed by atoms with E-state index in [4.69, 9.17) is 0 Å². The third kappa shape index (κ3) is 4.87. The minimum Gasteiger partial charge on any atom is -0.348 e. The van der Waals surface area contributed by atoms with Crippen molar-refractivity contribution in [1.29, 1.82) is 0 Å². The summed E-state index contributed by atoms with van der Waals surface area (Å²) >= 11 is 0. The van der Waals surface area contributed by atoms with Gasteiger partial charge in [0.1, 0.15) is 0 Å². The highest BCUT2D eigenvalue weighted by Gasteiger charge is 2.17. The van der Waals surface area contributed by atoms with Gasteiger partial charge in [-0.1, -0.05) is 18.2 Å². The topological polar surface area (TPSA) is 118 Å². The Morgan fingerprint density at radius 1 is 1.12 bits per heavy atom. The van der Waals surface area contributed by atoms with Gasteiger partial charge in [0, 0.05) is 29.8 Å². The van der Waals surface area contributed by atoms with E-state index in [0.717, 1.165) is 0 Å². The predicted octanol–water partition coefficient (Wildman–Crippen LogP) is 2.21. The number of sulfonamides is 1. The fraction of sp³-hybridized carbons (Fsp3) is 0.235. The van der Waals surface area contributed by atoms with Crippen LogP contribution in [0.5, 0.6) is 0 Å². The second-order valence-electron chi connectivity index (χ2n) is 5.87. The lowest BCUT2D eigenvalue weighted by molar-refractivity contribution is -0.385. The van der Waals surface area contributed by atoms with Crippen LogP contribution >= 0.6 is 0 Å². The number of rotatable bonds is 7. The molecule has 0 spiro atoms. The van der Waals surface area contributed by atoms with Crippen LogP contribution in [0.25, 0.3) is 0 Å². The second-order valence-corrected chi connectivity index (χ2v) is 7.58. The Hall–Kier alpha value is -2.78. The quantitative estimate of drug-likeness (QED) is 0.566. The van der Waals surface area contributed by atoms with Crippen molar-refractivity contribution in [2.75, 3.05) is 0 Å². The first kappa shape index (κ1) is 19.5. The van der Waals surface area contributed by atoms with Gasteiger partial charge in [0.15, 0.2) is 0 Å². The van der Waals surface area contributed by atoms with Crippen molar-refractivity contribution in [2.24, 2.45) is 0 Å². The average molecular weight is 377 g/mol. The summed E-state index contributed by atoms with van der Waals surface area (Å²) in [7, 11) is -3.63. The standard InChI is InChI=1S/C17H19N3O5S/c1-12(2)19-26(24,25)15-9-7-13(8-10-15)17(21)18-11-14-5-3-4-6-16(14)20(22)23/h3-10,12,19H,11H2,1-2H3,(H,18,21). The average Bonchev–Trinajstić information content (AvgIpc) is 2.59.